The first-order valence-electron chi connectivity index (χ1n) is 7.17. The second-order valence-electron chi connectivity index (χ2n) is 5.52. The van der Waals surface area contributed by atoms with E-state index < -0.39 is 23.4 Å². The molecule has 1 aliphatic rings. The third-order valence-corrected chi connectivity index (χ3v) is 4.46. The molecule has 3 rings (SSSR count). The van der Waals surface area contributed by atoms with E-state index in [2.05, 4.69) is 4.98 Å². The lowest BCUT2D eigenvalue weighted by molar-refractivity contribution is 0.459. The highest BCUT2D eigenvalue weighted by atomic mass is 32.1. The second kappa shape index (κ2) is 5.89. The van der Waals surface area contributed by atoms with Gasteiger partial charge in [0.1, 0.15) is 5.82 Å². The van der Waals surface area contributed by atoms with Crippen LogP contribution in [0.2, 0.25) is 0 Å². The lowest BCUT2D eigenvalue weighted by Gasteiger charge is -2.12. The summed E-state index contributed by atoms with van der Waals surface area (Å²) in [4.78, 5) is 3.12. The van der Waals surface area contributed by atoms with E-state index in [1.165, 1.54) is 0 Å². The Kier molecular flexibility index (Phi) is 4.10. The normalized spacial score (nSPS) is 17.0. The van der Waals surface area contributed by atoms with Crippen LogP contribution >= 0.6 is 12.2 Å². The minimum Gasteiger partial charge on any atom is -0.334 e. The largest absolute Gasteiger partial charge is 0.334 e. The SMILES string of the molecule is NCCCc1[nH]c(=S)n2c1C[C@H](c1c(F)ccc(F)c1F)C2. The summed E-state index contributed by atoms with van der Waals surface area (Å²) >= 11 is 5.26. The van der Waals surface area contributed by atoms with Gasteiger partial charge in [0, 0.05) is 29.4 Å². The third-order valence-electron chi connectivity index (χ3n) is 4.14. The van der Waals surface area contributed by atoms with E-state index in [9.17, 15) is 13.2 Å². The molecule has 2 heterocycles. The number of rotatable bonds is 4. The van der Waals surface area contributed by atoms with Crippen molar-refractivity contribution in [3.05, 3.63) is 51.3 Å². The van der Waals surface area contributed by atoms with E-state index in [1.54, 1.807) is 0 Å². The van der Waals surface area contributed by atoms with Gasteiger partial charge in [0.05, 0.1) is 0 Å². The third kappa shape index (κ3) is 2.48. The number of H-pyrrole nitrogens is 1. The number of nitrogens with zero attached hydrogens (tertiary/aromatic N) is 1. The number of nitrogens with one attached hydrogen (secondary N) is 1. The molecule has 0 saturated heterocycles. The molecule has 2 aromatic rings. The standard InChI is InChI=1S/C15H16F3N3S/c16-9-3-4-10(17)14(18)13(9)8-6-12-11(2-1-5-19)20-15(22)21(12)7-8/h3-4,8H,1-2,5-7,19H2,(H,20,22)/t8-/m0/s1. The first kappa shape index (κ1) is 15.3. The summed E-state index contributed by atoms with van der Waals surface area (Å²) in [5, 5.41) is 0. The van der Waals surface area contributed by atoms with Gasteiger partial charge < -0.3 is 15.3 Å². The summed E-state index contributed by atoms with van der Waals surface area (Å²) in [6.07, 6.45) is 1.98. The zero-order chi connectivity index (χ0) is 15.9. The van der Waals surface area contributed by atoms with Crippen LogP contribution < -0.4 is 5.73 Å². The van der Waals surface area contributed by atoms with Gasteiger partial charge in [-0.25, -0.2) is 13.2 Å². The van der Waals surface area contributed by atoms with Crippen LogP contribution in [0, 0.1) is 22.2 Å². The fourth-order valence-corrected chi connectivity index (χ4v) is 3.40. The van der Waals surface area contributed by atoms with Crippen LogP contribution in [0.15, 0.2) is 12.1 Å². The Morgan fingerprint density at radius 1 is 1.27 bits per heavy atom. The number of hydrogen-bond donors (Lipinski definition) is 2. The lowest BCUT2D eigenvalue weighted by Crippen LogP contribution is -2.09. The van der Waals surface area contributed by atoms with Gasteiger partial charge in [0.15, 0.2) is 16.4 Å². The van der Waals surface area contributed by atoms with Crippen molar-refractivity contribution in [3.63, 3.8) is 0 Å². The van der Waals surface area contributed by atoms with E-state index >= 15 is 0 Å². The van der Waals surface area contributed by atoms with Crippen LogP contribution in [0.25, 0.3) is 0 Å². The van der Waals surface area contributed by atoms with Gasteiger partial charge in [-0.05, 0) is 50.2 Å². The summed E-state index contributed by atoms with van der Waals surface area (Å²) in [5.74, 6) is -3.29. The van der Waals surface area contributed by atoms with Crippen LogP contribution in [0.5, 0.6) is 0 Å². The molecule has 0 aliphatic carbocycles. The van der Waals surface area contributed by atoms with E-state index in [0.29, 0.717) is 24.3 Å². The number of hydrogen-bond acceptors (Lipinski definition) is 2. The second-order valence-corrected chi connectivity index (χ2v) is 5.90. The highest BCUT2D eigenvalue weighted by Crippen LogP contribution is 2.35. The van der Waals surface area contributed by atoms with E-state index in [-0.39, 0.29) is 5.56 Å². The monoisotopic (exact) mass is 327 g/mol. The van der Waals surface area contributed by atoms with Crippen molar-refractivity contribution in [3.8, 4) is 0 Å². The molecule has 1 aromatic carbocycles. The maximum Gasteiger partial charge on any atom is 0.177 e. The predicted molar refractivity (Wildman–Crippen MR) is 79.8 cm³/mol. The van der Waals surface area contributed by atoms with Gasteiger partial charge in [-0.15, -0.1) is 0 Å². The first-order valence-corrected chi connectivity index (χ1v) is 7.57. The number of aromatic amines is 1. The maximum atomic E-state index is 14.0. The number of halogens is 3. The molecule has 0 radical (unpaired) electrons. The first-order chi connectivity index (χ1) is 10.5. The van der Waals surface area contributed by atoms with Gasteiger partial charge >= 0.3 is 0 Å². The molecule has 118 valence electrons. The Hall–Kier alpha value is -1.60. The highest BCUT2D eigenvalue weighted by Gasteiger charge is 2.31. The molecular weight excluding hydrogens is 311 g/mol. The summed E-state index contributed by atoms with van der Waals surface area (Å²) in [5.41, 5.74) is 7.21. The number of benzene rings is 1. The number of nitrogens with two attached hydrogens (primary N) is 1. The van der Waals surface area contributed by atoms with Crippen molar-refractivity contribution in [1.82, 2.24) is 9.55 Å². The zero-order valence-corrected chi connectivity index (χ0v) is 12.7. The fourth-order valence-electron chi connectivity index (χ4n) is 3.09. The molecule has 0 unspecified atom stereocenters. The van der Waals surface area contributed by atoms with Gasteiger partial charge in [-0.3, -0.25) is 0 Å². The molecule has 0 amide bonds. The smallest absolute Gasteiger partial charge is 0.177 e. The minimum absolute atomic E-state index is 0.192. The van der Waals surface area contributed by atoms with Crippen LogP contribution in [-0.4, -0.2) is 16.1 Å². The zero-order valence-electron chi connectivity index (χ0n) is 11.8. The van der Waals surface area contributed by atoms with Crippen molar-refractivity contribution < 1.29 is 13.2 Å². The van der Waals surface area contributed by atoms with Crippen LogP contribution in [0.3, 0.4) is 0 Å². The Morgan fingerprint density at radius 2 is 2.00 bits per heavy atom. The molecule has 0 saturated carbocycles. The highest BCUT2D eigenvalue weighted by molar-refractivity contribution is 7.71. The molecule has 0 fully saturated rings. The van der Waals surface area contributed by atoms with Crippen molar-refractivity contribution >= 4 is 12.2 Å². The van der Waals surface area contributed by atoms with Crippen molar-refractivity contribution in [2.45, 2.75) is 31.7 Å². The molecule has 3 N–H and O–H groups in total. The van der Waals surface area contributed by atoms with Crippen molar-refractivity contribution in [2.75, 3.05) is 6.54 Å². The van der Waals surface area contributed by atoms with Crippen molar-refractivity contribution in [1.29, 1.82) is 0 Å². The molecule has 1 aromatic heterocycles. The summed E-state index contributed by atoms with van der Waals surface area (Å²) in [6, 6.07) is 1.78. The number of fused-ring (bicyclic) bond motifs is 1. The molecule has 3 nitrogen and oxygen atoms in total. The summed E-state index contributed by atoms with van der Waals surface area (Å²) in [7, 11) is 0. The van der Waals surface area contributed by atoms with Crippen LogP contribution in [-0.2, 0) is 19.4 Å². The fraction of sp³-hybridized carbons (Fsp3) is 0.400. The quantitative estimate of drug-likeness (QED) is 0.669. The van der Waals surface area contributed by atoms with Gasteiger partial charge in [0.25, 0.3) is 0 Å². The molecule has 22 heavy (non-hydrogen) atoms. The Bertz CT molecular complexity index is 766. The topological polar surface area (TPSA) is 46.7 Å². The van der Waals surface area contributed by atoms with Crippen LogP contribution in [0.1, 0.15) is 29.3 Å². The van der Waals surface area contributed by atoms with Crippen molar-refractivity contribution in [2.24, 2.45) is 5.73 Å². The van der Waals surface area contributed by atoms with Crippen LogP contribution in [0.4, 0.5) is 13.2 Å². The lowest BCUT2D eigenvalue weighted by atomic mass is 9.95. The summed E-state index contributed by atoms with van der Waals surface area (Å²) < 4.78 is 43.7. The molecule has 1 atom stereocenters. The van der Waals surface area contributed by atoms with Gasteiger partial charge in [0.2, 0.25) is 0 Å². The van der Waals surface area contributed by atoms with E-state index in [0.717, 1.165) is 36.4 Å². The number of imidazole rings is 1. The summed E-state index contributed by atoms with van der Waals surface area (Å²) in [6.45, 7) is 0.909. The number of aromatic nitrogens is 2. The van der Waals surface area contributed by atoms with Gasteiger partial charge in [-0.2, -0.15) is 0 Å². The average Bonchev–Trinajstić information content (AvgIpc) is 3.03. The average molecular weight is 327 g/mol. The molecule has 0 bridgehead atoms. The molecule has 1 aliphatic heterocycles. The number of aryl methyl sites for hydroxylation is 1. The Morgan fingerprint density at radius 3 is 2.73 bits per heavy atom. The van der Waals surface area contributed by atoms with E-state index in [4.69, 9.17) is 18.0 Å². The Labute approximate surface area is 131 Å². The Balaban J connectivity index is 1.95. The van der Waals surface area contributed by atoms with Gasteiger partial charge in [-0.1, -0.05) is 0 Å². The van der Waals surface area contributed by atoms with E-state index in [1.807, 2.05) is 4.57 Å². The molecule has 7 heteroatoms. The molecule has 0 spiro atoms. The molecular formula is C15H16F3N3S. The maximum absolute atomic E-state index is 14.0. The predicted octanol–water partition coefficient (Wildman–Crippen LogP) is 3.19. The minimum atomic E-state index is -1.10.